The van der Waals surface area contributed by atoms with E-state index in [4.69, 9.17) is 4.74 Å². The Balaban J connectivity index is 3.03. The van der Waals surface area contributed by atoms with Gasteiger partial charge in [0.1, 0.15) is 17.2 Å². The van der Waals surface area contributed by atoms with E-state index in [0.29, 0.717) is 18.0 Å². The van der Waals surface area contributed by atoms with Gasteiger partial charge in [-0.05, 0) is 26.0 Å². The van der Waals surface area contributed by atoms with Crippen molar-refractivity contribution >= 4 is 11.5 Å². The molecule has 1 aromatic rings. The van der Waals surface area contributed by atoms with Gasteiger partial charge in [0.05, 0.1) is 6.61 Å². The summed E-state index contributed by atoms with van der Waals surface area (Å²) in [7, 11) is 0. The average molecular weight is 248 g/mol. The Bertz CT molecular complexity index is 489. The zero-order chi connectivity index (χ0) is 13.5. The largest absolute Gasteiger partial charge is 0.510 e. The Kier molecular flexibility index (Phi) is 5.05. The molecule has 96 valence electrons. The van der Waals surface area contributed by atoms with E-state index >= 15 is 0 Å². The second-order valence-corrected chi connectivity index (χ2v) is 3.59. The number of carbonyl (C=O) groups excluding carboxylic acids is 1. The molecule has 0 aliphatic heterocycles. The molecule has 0 aliphatic carbocycles. The van der Waals surface area contributed by atoms with Crippen molar-refractivity contribution < 1.29 is 14.6 Å². The van der Waals surface area contributed by atoms with E-state index in [2.05, 4.69) is 10.2 Å². The molecule has 0 heterocycles. The number of aliphatic hydroxyl groups is 1. The van der Waals surface area contributed by atoms with Crippen molar-refractivity contribution in [2.24, 2.45) is 10.2 Å². The van der Waals surface area contributed by atoms with E-state index in [1.807, 2.05) is 13.0 Å². The van der Waals surface area contributed by atoms with E-state index < -0.39 is 0 Å². The quantitative estimate of drug-likeness (QED) is 0.492. The summed E-state index contributed by atoms with van der Waals surface area (Å²) in [6.07, 6.45) is 0. The minimum Gasteiger partial charge on any atom is -0.510 e. The SMILES string of the molecule is CCOc1ccccc1N=N/C(C(C)=O)=C(\C)O. The van der Waals surface area contributed by atoms with Crippen molar-refractivity contribution in [3.63, 3.8) is 0 Å². The highest BCUT2D eigenvalue weighted by atomic mass is 16.5. The second kappa shape index (κ2) is 6.54. The van der Waals surface area contributed by atoms with Crippen LogP contribution in [0.15, 0.2) is 46.0 Å². The molecule has 0 unspecified atom stereocenters. The number of Topliss-reactive ketones (excluding diaryl/α,β-unsaturated/α-hetero) is 1. The maximum atomic E-state index is 11.2. The van der Waals surface area contributed by atoms with E-state index in [-0.39, 0.29) is 17.2 Å². The predicted octanol–water partition coefficient (Wildman–Crippen LogP) is 3.55. The van der Waals surface area contributed by atoms with Gasteiger partial charge in [-0.25, -0.2) is 0 Å². The number of benzene rings is 1. The van der Waals surface area contributed by atoms with Gasteiger partial charge in [0, 0.05) is 6.92 Å². The number of hydrogen-bond acceptors (Lipinski definition) is 5. The molecule has 5 nitrogen and oxygen atoms in total. The molecule has 1 rings (SSSR count). The molecule has 1 aromatic carbocycles. The first-order chi connectivity index (χ1) is 8.56. The number of carbonyl (C=O) groups is 1. The first kappa shape index (κ1) is 13.9. The van der Waals surface area contributed by atoms with Crippen LogP contribution in [0.5, 0.6) is 5.75 Å². The molecule has 0 saturated heterocycles. The standard InChI is InChI=1S/C13H16N2O3/c1-4-18-12-8-6-5-7-11(12)14-15-13(9(2)16)10(3)17/h5-8,16H,4H2,1-3H3/b13-9+,15-14?. The van der Waals surface area contributed by atoms with Crippen molar-refractivity contribution in [3.05, 3.63) is 35.7 Å². The highest BCUT2D eigenvalue weighted by Crippen LogP contribution is 2.27. The molecule has 0 spiro atoms. The summed E-state index contributed by atoms with van der Waals surface area (Å²) in [4.78, 5) is 11.2. The summed E-state index contributed by atoms with van der Waals surface area (Å²) in [5.74, 6) is 0.0926. The van der Waals surface area contributed by atoms with E-state index in [1.165, 1.54) is 13.8 Å². The van der Waals surface area contributed by atoms with Gasteiger partial charge in [0.2, 0.25) is 0 Å². The van der Waals surface area contributed by atoms with Crippen molar-refractivity contribution in [1.82, 2.24) is 0 Å². The van der Waals surface area contributed by atoms with Crippen LogP contribution >= 0.6 is 0 Å². The van der Waals surface area contributed by atoms with Crippen LogP contribution in [0.1, 0.15) is 20.8 Å². The number of azo groups is 1. The lowest BCUT2D eigenvalue weighted by Crippen LogP contribution is -1.96. The van der Waals surface area contributed by atoms with Gasteiger partial charge in [-0.3, -0.25) is 4.79 Å². The van der Waals surface area contributed by atoms with Crippen LogP contribution < -0.4 is 4.74 Å². The lowest BCUT2D eigenvalue weighted by molar-refractivity contribution is -0.113. The topological polar surface area (TPSA) is 71.2 Å². The van der Waals surface area contributed by atoms with Gasteiger partial charge in [-0.15, -0.1) is 10.2 Å². The fourth-order valence-electron chi connectivity index (χ4n) is 1.32. The third-order valence-corrected chi connectivity index (χ3v) is 2.10. The Morgan fingerprint density at radius 1 is 1.33 bits per heavy atom. The first-order valence-corrected chi connectivity index (χ1v) is 5.60. The average Bonchev–Trinajstić information content (AvgIpc) is 2.31. The molecule has 0 saturated carbocycles. The first-order valence-electron chi connectivity index (χ1n) is 5.60. The number of para-hydroxylation sites is 1. The maximum absolute atomic E-state index is 11.2. The molecule has 5 heteroatoms. The van der Waals surface area contributed by atoms with Crippen LogP contribution in [-0.4, -0.2) is 17.5 Å². The molecule has 0 aromatic heterocycles. The molecule has 0 atom stereocenters. The zero-order valence-electron chi connectivity index (χ0n) is 10.7. The molecule has 0 fully saturated rings. The smallest absolute Gasteiger partial charge is 0.183 e. The van der Waals surface area contributed by atoms with Crippen LogP contribution in [-0.2, 0) is 4.79 Å². The Morgan fingerprint density at radius 3 is 2.56 bits per heavy atom. The Labute approximate surface area is 106 Å². The Hall–Kier alpha value is -2.17. The number of hydrogen-bond donors (Lipinski definition) is 1. The summed E-state index contributed by atoms with van der Waals surface area (Å²) >= 11 is 0. The van der Waals surface area contributed by atoms with Crippen LogP contribution in [0.4, 0.5) is 5.69 Å². The summed E-state index contributed by atoms with van der Waals surface area (Å²) in [5.41, 5.74) is 0.459. The van der Waals surface area contributed by atoms with E-state index in [0.717, 1.165) is 0 Å². The summed E-state index contributed by atoms with van der Waals surface area (Å²) < 4.78 is 5.37. The molecule has 1 N–H and O–H groups in total. The minimum atomic E-state index is -0.340. The third-order valence-electron chi connectivity index (χ3n) is 2.10. The number of ketones is 1. The fraction of sp³-hybridized carbons (Fsp3) is 0.308. The van der Waals surface area contributed by atoms with E-state index in [9.17, 15) is 9.90 Å². The molecule has 0 bridgehead atoms. The van der Waals surface area contributed by atoms with Gasteiger partial charge in [-0.1, -0.05) is 12.1 Å². The van der Waals surface area contributed by atoms with Crippen LogP contribution in [0.3, 0.4) is 0 Å². The Morgan fingerprint density at radius 2 is 2.00 bits per heavy atom. The third kappa shape index (κ3) is 3.69. The number of ether oxygens (including phenoxy) is 1. The number of allylic oxidation sites excluding steroid dienone is 2. The van der Waals surface area contributed by atoms with Gasteiger partial charge in [-0.2, -0.15) is 0 Å². The molecule has 0 aliphatic rings. The molecule has 0 amide bonds. The van der Waals surface area contributed by atoms with Crippen molar-refractivity contribution in [3.8, 4) is 5.75 Å². The van der Waals surface area contributed by atoms with Crippen molar-refractivity contribution in [1.29, 1.82) is 0 Å². The minimum absolute atomic E-state index is 0.0544. The fourth-order valence-corrected chi connectivity index (χ4v) is 1.32. The highest BCUT2D eigenvalue weighted by molar-refractivity contribution is 5.93. The van der Waals surface area contributed by atoms with Gasteiger partial charge < -0.3 is 9.84 Å². The maximum Gasteiger partial charge on any atom is 0.183 e. The van der Waals surface area contributed by atoms with Crippen LogP contribution in [0.25, 0.3) is 0 Å². The summed E-state index contributed by atoms with van der Waals surface area (Å²) in [6.45, 7) is 5.10. The molecule has 18 heavy (non-hydrogen) atoms. The van der Waals surface area contributed by atoms with E-state index in [1.54, 1.807) is 18.2 Å². The monoisotopic (exact) mass is 248 g/mol. The summed E-state index contributed by atoms with van der Waals surface area (Å²) in [5, 5.41) is 17.0. The van der Waals surface area contributed by atoms with Gasteiger partial charge in [0.15, 0.2) is 11.5 Å². The van der Waals surface area contributed by atoms with Crippen molar-refractivity contribution in [2.75, 3.05) is 6.61 Å². The number of nitrogens with zero attached hydrogens (tertiary/aromatic N) is 2. The molecular formula is C13H16N2O3. The number of aliphatic hydroxyl groups excluding tert-OH is 1. The molecule has 0 radical (unpaired) electrons. The van der Waals surface area contributed by atoms with Crippen molar-refractivity contribution in [2.45, 2.75) is 20.8 Å². The van der Waals surface area contributed by atoms with Gasteiger partial charge >= 0.3 is 0 Å². The lowest BCUT2D eigenvalue weighted by Gasteiger charge is -2.05. The predicted molar refractivity (Wildman–Crippen MR) is 68.1 cm³/mol. The number of rotatable bonds is 5. The summed E-state index contributed by atoms with van der Waals surface area (Å²) in [6, 6.07) is 7.10. The molecular weight excluding hydrogens is 232 g/mol. The van der Waals surface area contributed by atoms with Crippen LogP contribution in [0.2, 0.25) is 0 Å². The van der Waals surface area contributed by atoms with Crippen LogP contribution in [0, 0.1) is 0 Å². The lowest BCUT2D eigenvalue weighted by atomic mass is 10.3. The second-order valence-electron chi connectivity index (χ2n) is 3.59. The van der Waals surface area contributed by atoms with Gasteiger partial charge in [0.25, 0.3) is 0 Å². The normalized spacial score (nSPS) is 12.4. The zero-order valence-corrected chi connectivity index (χ0v) is 10.7. The highest BCUT2D eigenvalue weighted by Gasteiger charge is 2.07.